The summed E-state index contributed by atoms with van der Waals surface area (Å²) in [4.78, 5) is 12.7. The van der Waals surface area contributed by atoms with Crippen LogP contribution in [0.1, 0.15) is 18.4 Å². The number of hydrogen-bond donors (Lipinski definition) is 0. The number of nitro groups is 1. The Bertz CT molecular complexity index is 680. The molecule has 2 aliphatic heterocycles. The maximum Gasteiger partial charge on any atom is 0.269 e. The minimum absolute atomic E-state index is 0.0787. The highest BCUT2D eigenvalue weighted by atomic mass is 35.5. The lowest BCUT2D eigenvalue weighted by molar-refractivity contribution is -0.384. The molecular weight excluding hydrogens is 334 g/mol. The molecular formula is C16H16ClN3O2S. The van der Waals surface area contributed by atoms with E-state index in [0.717, 1.165) is 36.4 Å². The number of thioether (sulfide) groups is 1. The van der Waals surface area contributed by atoms with Gasteiger partial charge in [0.05, 0.1) is 17.0 Å². The highest BCUT2D eigenvalue weighted by Gasteiger charge is 2.43. The molecule has 0 spiro atoms. The molecule has 0 aliphatic carbocycles. The number of benzene rings is 1. The summed E-state index contributed by atoms with van der Waals surface area (Å²) < 4.78 is 0. The van der Waals surface area contributed by atoms with Crippen molar-refractivity contribution in [1.82, 2.24) is 4.90 Å². The van der Waals surface area contributed by atoms with Crippen molar-refractivity contribution >= 4 is 34.0 Å². The second kappa shape index (κ2) is 6.52. The number of halogens is 1. The van der Waals surface area contributed by atoms with Crippen LogP contribution in [0.15, 0.2) is 30.3 Å². The zero-order chi connectivity index (χ0) is 16.4. The average molecular weight is 350 g/mol. The number of nitriles is 1. The summed E-state index contributed by atoms with van der Waals surface area (Å²) in [5, 5.41) is 20.3. The topological polar surface area (TPSA) is 70.2 Å². The molecule has 3 rings (SSSR count). The highest BCUT2D eigenvalue weighted by molar-refractivity contribution is 8.08. The minimum atomic E-state index is -0.917. The zero-order valence-corrected chi connectivity index (χ0v) is 14.0. The van der Waals surface area contributed by atoms with Gasteiger partial charge in [0.15, 0.2) is 4.87 Å². The molecule has 1 saturated heterocycles. The molecule has 0 amide bonds. The van der Waals surface area contributed by atoms with Crippen LogP contribution >= 0.6 is 23.4 Å². The highest BCUT2D eigenvalue weighted by Crippen LogP contribution is 2.42. The van der Waals surface area contributed by atoms with Crippen LogP contribution in [0.5, 0.6) is 0 Å². The van der Waals surface area contributed by atoms with Crippen LogP contribution in [-0.4, -0.2) is 39.6 Å². The van der Waals surface area contributed by atoms with Gasteiger partial charge in [0.2, 0.25) is 0 Å². The Labute approximate surface area is 144 Å². The first-order valence-corrected chi connectivity index (χ1v) is 8.83. The number of nitrogens with zero attached hydrogens (tertiary/aromatic N) is 3. The molecule has 0 N–H and O–H groups in total. The molecule has 0 aromatic heterocycles. The third-order valence-corrected chi connectivity index (χ3v) is 6.18. The van der Waals surface area contributed by atoms with Crippen molar-refractivity contribution in [2.24, 2.45) is 0 Å². The Hall–Kier alpha value is -1.55. The van der Waals surface area contributed by atoms with Crippen molar-refractivity contribution in [2.75, 3.05) is 18.8 Å². The van der Waals surface area contributed by atoms with Crippen LogP contribution in [0.3, 0.4) is 0 Å². The second-order valence-electron chi connectivity index (χ2n) is 5.79. The zero-order valence-electron chi connectivity index (χ0n) is 12.4. The van der Waals surface area contributed by atoms with E-state index < -0.39 is 9.80 Å². The molecule has 1 fully saturated rings. The number of likely N-dealkylation sites (tertiary alicyclic amines) is 1. The number of hydrogen-bond acceptors (Lipinski definition) is 5. The van der Waals surface area contributed by atoms with Gasteiger partial charge >= 0.3 is 0 Å². The van der Waals surface area contributed by atoms with E-state index in [9.17, 15) is 15.4 Å². The lowest BCUT2D eigenvalue weighted by atomic mass is 9.98. The molecule has 5 nitrogen and oxygen atoms in total. The summed E-state index contributed by atoms with van der Waals surface area (Å²) in [6.07, 6.45) is 4.31. The number of rotatable bonds is 3. The maximum absolute atomic E-state index is 10.8. The molecule has 23 heavy (non-hydrogen) atoms. The van der Waals surface area contributed by atoms with Crippen molar-refractivity contribution < 1.29 is 4.92 Å². The van der Waals surface area contributed by atoms with Gasteiger partial charge in [0.1, 0.15) is 0 Å². The minimum Gasteiger partial charge on any atom is -0.294 e. The number of non-ortho nitro benzene ring substituents is 1. The Morgan fingerprint density at radius 1 is 1.35 bits per heavy atom. The first-order valence-electron chi connectivity index (χ1n) is 7.47. The standard InChI is InChI=1S/C16H16ClN3O2S/c17-16(10-18)11-23-14(9-15(16)19-7-1-2-8-19)12-3-5-13(6-4-12)20(21)22/h3-6,9,15H,1-2,7-8,11H2. The molecule has 0 saturated carbocycles. The van der Waals surface area contributed by atoms with Crippen LogP contribution in [0.4, 0.5) is 5.69 Å². The summed E-state index contributed by atoms with van der Waals surface area (Å²) >= 11 is 8.10. The van der Waals surface area contributed by atoms with Gasteiger partial charge < -0.3 is 0 Å². The summed E-state index contributed by atoms with van der Waals surface area (Å²) in [7, 11) is 0. The van der Waals surface area contributed by atoms with Gasteiger partial charge in [-0.25, -0.2) is 0 Å². The van der Waals surface area contributed by atoms with Gasteiger partial charge in [-0.2, -0.15) is 5.26 Å². The summed E-state index contributed by atoms with van der Waals surface area (Å²) in [6, 6.07) is 8.68. The van der Waals surface area contributed by atoms with Crippen LogP contribution in [0, 0.1) is 21.4 Å². The Kier molecular flexibility index (Phi) is 4.62. The smallest absolute Gasteiger partial charge is 0.269 e. The monoisotopic (exact) mass is 349 g/mol. The van der Waals surface area contributed by atoms with Gasteiger partial charge in [-0.15, -0.1) is 11.8 Å². The summed E-state index contributed by atoms with van der Waals surface area (Å²) in [5.74, 6) is 0.509. The molecule has 2 atom stereocenters. The molecule has 2 heterocycles. The van der Waals surface area contributed by atoms with Gasteiger partial charge in [-0.3, -0.25) is 15.0 Å². The van der Waals surface area contributed by atoms with E-state index in [2.05, 4.69) is 17.0 Å². The van der Waals surface area contributed by atoms with Crippen molar-refractivity contribution in [2.45, 2.75) is 23.8 Å². The summed E-state index contributed by atoms with van der Waals surface area (Å²) in [6.45, 7) is 1.91. The van der Waals surface area contributed by atoms with Crippen LogP contribution in [0.25, 0.3) is 4.91 Å². The van der Waals surface area contributed by atoms with E-state index in [0.29, 0.717) is 5.75 Å². The fourth-order valence-electron chi connectivity index (χ4n) is 3.03. The lowest BCUT2D eigenvalue weighted by Crippen LogP contribution is -2.49. The largest absolute Gasteiger partial charge is 0.294 e. The summed E-state index contributed by atoms with van der Waals surface area (Å²) in [5.41, 5.74) is 1.01. The molecule has 1 aromatic rings. The van der Waals surface area contributed by atoms with Crippen molar-refractivity contribution in [1.29, 1.82) is 5.26 Å². The van der Waals surface area contributed by atoms with Gasteiger partial charge in [-0.1, -0.05) is 17.7 Å². The third-order valence-electron chi connectivity index (χ3n) is 4.30. The number of alkyl halides is 1. The van der Waals surface area contributed by atoms with E-state index in [1.54, 1.807) is 12.1 Å². The van der Waals surface area contributed by atoms with Gasteiger partial charge in [0, 0.05) is 22.8 Å². The van der Waals surface area contributed by atoms with Crippen molar-refractivity contribution in [3.8, 4) is 6.07 Å². The van der Waals surface area contributed by atoms with Crippen molar-refractivity contribution in [3.63, 3.8) is 0 Å². The SMILES string of the molecule is N#CC1(Cl)CSC(c2ccc([N+](=O)[O-])cc2)=CC1N1CCCC1. The van der Waals surface area contributed by atoms with Crippen LogP contribution in [-0.2, 0) is 0 Å². The maximum atomic E-state index is 10.8. The average Bonchev–Trinajstić information content (AvgIpc) is 3.09. The Morgan fingerprint density at radius 2 is 2.00 bits per heavy atom. The fraction of sp³-hybridized carbons (Fsp3) is 0.438. The first kappa shape index (κ1) is 16.3. The normalized spacial score (nSPS) is 28.2. The fourth-order valence-corrected chi connectivity index (χ4v) is 4.53. The predicted molar refractivity (Wildman–Crippen MR) is 92.3 cm³/mol. The number of nitro benzene ring substituents is 1. The quantitative estimate of drug-likeness (QED) is 0.473. The molecule has 1 aromatic carbocycles. The third kappa shape index (κ3) is 3.23. The van der Waals surface area contributed by atoms with Gasteiger partial charge in [-0.05, 0) is 43.6 Å². The second-order valence-corrected chi connectivity index (χ2v) is 7.48. The molecule has 120 valence electrons. The van der Waals surface area contributed by atoms with Gasteiger partial charge in [0.25, 0.3) is 5.69 Å². The van der Waals surface area contributed by atoms with E-state index in [4.69, 9.17) is 11.6 Å². The van der Waals surface area contributed by atoms with E-state index in [-0.39, 0.29) is 11.7 Å². The molecule has 2 unspecified atom stereocenters. The Morgan fingerprint density at radius 3 is 2.57 bits per heavy atom. The first-order chi connectivity index (χ1) is 11.0. The van der Waals surface area contributed by atoms with Crippen LogP contribution < -0.4 is 0 Å². The molecule has 7 heteroatoms. The van der Waals surface area contributed by atoms with Crippen molar-refractivity contribution in [3.05, 3.63) is 46.0 Å². The Balaban J connectivity index is 1.91. The molecule has 2 aliphatic rings. The van der Waals surface area contributed by atoms with E-state index in [1.165, 1.54) is 23.9 Å². The van der Waals surface area contributed by atoms with E-state index >= 15 is 0 Å². The lowest BCUT2D eigenvalue weighted by Gasteiger charge is -2.38. The molecule has 0 bridgehead atoms. The predicted octanol–water partition coefficient (Wildman–Crippen LogP) is 3.65. The van der Waals surface area contributed by atoms with E-state index in [1.807, 2.05) is 0 Å². The van der Waals surface area contributed by atoms with Crippen LogP contribution in [0.2, 0.25) is 0 Å². The molecule has 0 radical (unpaired) electrons.